The van der Waals surface area contributed by atoms with Crippen molar-refractivity contribution in [3.63, 3.8) is 0 Å². The van der Waals surface area contributed by atoms with E-state index in [0.717, 1.165) is 16.7 Å². The fraction of sp³-hybridized carbons (Fsp3) is 0.250. The van der Waals surface area contributed by atoms with E-state index in [2.05, 4.69) is 10.1 Å². The number of hydrogen-bond donors (Lipinski definition) is 1. The van der Waals surface area contributed by atoms with E-state index in [1.807, 2.05) is 31.2 Å². The Kier molecular flexibility index (Phi) is 4.50. The van der Waals surface area contributed by atoms with Crippen molar-refractivity contribution in [2.75, 3.05) is 7.11 Å². The van der Waals surface area contributed by atoms with Crippen molar-refractivity contribution in [2.24, 2.45) is 0 Å². The van der Waals surface area contributed by atoms with E-state index in [1.165, 1.54) is 12.0 Å². The van der Waals surface area contributed by atoms with E-state index in [0.29, 0.717) is 5.56 Å². The number of esters is 1. The Balaban J connectivity index is 1.81. The minimum absolute atomic E-state index is 0.133. The summed E-state index contributed by atoms with van der Waals surface area (Å²) in [6, 6.07) is 13.7. The Morgan fingerprint density at radius 2 is 1.69 bits per heavy atom. The maximum Gasteiger partial charge on any atom is 0.337 e. The number of nitrogens with zero attached hydrogens (tertiary/aromatic N) is 1. The quantitative estimate of drug-likeness (QED) is 0.678. The van der Waals surface area contributed by atoms with Crippen molar-refractivity contribution < 1.29 is 19.1 Å². The molecule has 2 aromatic rings. The predicted molar refractivity (Wildman–Crippen MR) is 95.4 cm³/mol. The van der Waals surface area contributed by atoms with Crippen molar-refractivity contribution in [3.8, 4) is 0 Å². The molecule has 0 spiro atoms. The summed E-state index contributed by atoms with van der Waals surface area (Å²) in [6.45, 7) is 3.80. The van der Waals surface area contributed by atoms with E-state index >= 15 is 0 Å². The maximum atomic E-state index is 12.9. The van der Waals surface area contributed by atoms with Crippen LogP contribution < -0.4 is 5.32 Å². The highest BCUT2D eigenvalue weighted by atomic mass is 16.5. The fourth-order valence-electron chi connectivity index (χ4n) is 2.97. The van der Waals surface area contributed by atoms with Crippen LogP contribution in [-0.2, 0) is 21.6 Å². The summed E-state index contributed by atoms with van der Waals surface area (Å²) in [5.41, 5.74) is 1.89. The van der Waals surface area contributed by atoms with E-state index in [4.69, 9.17) is 0 Å². The number of aryl methyl sites for hydroxylation is 1. The Morgan fingerprint density at radius 1 is 1.08 bits per heavy atom. The second-order valence-electron chi connectivity index (χ2n) is 6.50. The van der Waals surface area contributed by atoms with Gasteiger partial charge in [-0.25, -0.2) is 9.59 Å². The first-order valence-electron chi connectivity index (χ1n) is 8.23. The second-order valence-corrected chi connectivity index (χ2v) is 6.50. The predicted octanol–water partition coefficient (Wildman–Crippen LogP) is 2.75. The van der Waals surface area contributed by atoms with Crippen molar-refractivity contribution >= 4 is 17.9 Å². The van der Waals surface area contributed by atoms with Crippen LogP contribution in [0.4, 0.5) is 4.79 Å². The summed E-state index contributed by atoms with van der Waals surface area (Å²) in [5.74, 6) is -0.734. The van der Waals surface area contributed by atoms with Gasteiger partial charge in [-0.2, -0.15) is 0 Å². The van der Waals surface area contributed by atoms with Crippen LogP contribution in [0.25, 0.3) is 0 Å². The first-order valence-corrected chi connectivity index (χ1v) is 8.23. The molecule has 0 bridgehead atoms. The standard InChI is InChI=1S/C20H20N2O4/c1-13-4-10-16(11-5-13)20(2)18(24)22(19(25)21-20)12-14-6-8-15(9-7-14)17(23)26-3/h4-11H,12H2,1-3H3,(H,21,25)/t20-/m0/s1. The van der Waals surface area contributed by atoms with Gasteiger partial charge in [-0.1, -0.05) is 42.0 Å². The zero-order valence-electron chi connectivity index (χ0n) is 14.9. The van der Waals surface area contributed by atoms with E-state index in [1.54, 1.807) is 31.2 Å². The zero-order chi connectivity index (χ0) is 18.9. The number of amides is 3. The van der Waals surface area contributed by atoms with Gasteiger partial charge in [-0.05, 0) is 37.1 Å². The third kappa shape index (κ3) is 3.06. The molecule has 1 fully saturated rings. The number of carbonyl (C=O) groups is 3. The largest absolute Gasteiger partial charge is 0.465 e. The minimum atomic E-state index is -1.09. The van der Waals surface area contributed by atoms with Crippen LogP contribution in [-0.4, -0.2) is 29.9 Å². The number of ether oxygens (including phenoxy) is 1. The van der Waals surface area contributed by atoms with Crippen LogP contribution >= 0.6 is 0 Å². The molecule has 3 rings (SSSR count). The number of nitrogens with one attached hydrogen (secondary N) is 1. The number of benzene rings is 2. The van der Waals surface area contributed by atoms with E-state index in [9.17, 15) is 14.4 Å². The van der Waals surface area contributed by atoms with Gasteiger partial charge in [-0.15, -0.1) is 0 Å². The van der Waals surface area contributed by atoms with Gasteiger partial charge in [0.15, 0.2) is 0 Å². The van der Waals surface area contributed by atoms with Crippen LogP contribution in [0.15, 0.2) is 48.5 Å². The van der Waals surface area contributed by atoms with Crippen LogP contribution in [0, 0.1) is 6.92 Å². The summed E-state index contributed by atoms with van der Waals surface area (Å²) in [6.07, 6.45) is 0. The highest BCUT2D eigenvalue weighted by Crippen LogP contribution is 2.30. The first-order chi connectivity index (χ1) is 12.3. The van der Waals surface area contributed by atoms with Crippen LogP contribution in [0.5, 0.6) is 0 Å². The second kappa shape index (κ2) is 6.63. The molecule has 26 heavy (non-hydrogen) atoms. The Bertz CT molecular complexity index is 858. The molecule has 6 nitrogen and oxygen atoms in total. The van der Waals surface area contributed by atoms with Crippen LogP contribution in [0.2, 0.25) is 0 Å². The molecule has 134 valence electrons. The molecule has 3 amide bonds. The number of carbonyl (C=O) groups excluding carboxylic acids is 3. The van der Waals surface area contributed by atoms with Gasteiger partial charge in [0.25, 0.3) is 5.91 Å². The van der Waals surface area contributed by atoms with Gasteiger partial charge in [0, 0.05) is 0 Å². The maximum absolute atomic E-state index is 12.9. The molecule has 1 N–H and O–H groups in total. The lowest BCUT2D eigenvalue weighted by Gasteiger charge is -2.22. The minimum Gasteiger partial charge on any atom is -0.465 e. The number of methoxy groups -OCH3 is 1. The molecule has 1 heterocycles. The highest BCUT2D eigenvalue weighted by Gasteiger charge is 2.48. The van der Waals surface area contributed by atoms with Gasteiger partial charge in [0.05, 0.1) is 19.2 Å². The lowest BCUT2D eigenvalue weighted by Crippen LogP contribution is -2.40. The molecule has 1 aliphatic heterocycles. The zero-order valence-corrected chi connectivity index (χ0v) is 14.9. The number of imide groups is 1. The topological polar surface area (TPSA) is 75.7 Å². The van der Waals surface area contributed by atoms with Crippen molar-refractivity contribution in [1.82, 2.24) is 10.2 Å². The van der Waals surface area contributed by atoms with Gasteiger partial charge in [0.1, 0.15) is 5.54 Å². The third-order valence-corrected chi connectivity index (χ3v) is 4.62. The number of hydrogen-bond acceptors (Lipinski definition) is 4. The Morgan fingerprint density at radius 3 is 2.27 bits per heavy atom. The van der Waals surface area contributed by atoms with Gasteiger partial charge >= 0.3 is 12.0 Å². The molecule has 1 saturated heterocycles. The molecule has 0 saturated carbocycles. The van der Waals surface area contributed by atoms with Crippen molar-refractivity contribution in [1.29, 1.82) is 0 Å². The SMILES string of the molecule is COC(=O)c1ccc(CN2C(=O)N[C@@](C)(c3ccc(C)cc3)C2=O)cc1. The molecule has 1 atom stereocenters. The lowest BCUT2D eigenvalue weighted by molar-refractivity contribution is -0.131. The van der Waals surface area contributed by atoms with Gasteiger partial charge in [0.2, 0.25) is 0 Å². The summed E-state index contributed by atoms with van der Waals surface area (Å²) in [5, 5.41) is 2.79. The van der Waals surface area contributed by atoms with Crippen molar-refractivity contribution in [3.05, 3.63) is 70.8 Å². The smallest absolute Gasteiger partial charge is 0.337 e. The Hall–Kier alpha value is -3.15. The molecule has 0 unspecified atom stereocenters. The molecule has 2 aromatic carbocycles. The molecule has 0 aliphatic carbocycles. The monoisotopic (exact) mass is 352 g/mol. The normalized spacial score (nSPS) is 19.4. The molecule has 0 aromatic heterocycles. The highest BCUT2D eigenvalue weighted by molar-refractivity contribution is 6.07. The number of rotatable bonds is 4. The molecule has 0 radical (unpaired) electrons. The Labute approximate surface area is 151 Å². The average Bonchev–Trinajstić information content (AvgIpc) is 2.86. The molecule has 1 aliphatic rings. The average molecular weight is 352 g/mol. The summed E-state index contributed by atoms with van der Waals surface area (Å²) >= 11 is 0. The first kappa shape index (κ1) is 17.7. The molecule has 6 heteroatoms. The van der Waals surface area contributed by atoms with Crippen LogP contribution in [0.1, 0.15) is 34.0 Å². The van der Waals surface area contributed by atoms with Gasteiger partial charge < -0.3 is 10.1 Å². The van der Waals surface area contributed by atoms with E-state index < -0.39 is 17.5 Å². The molecular formula is C20H20N2O4. The van der Waals surface area contributed by atoms with Crippen LogP contribution in [0.3, 0.4) is 0 Å². The third-order valence-electron chi connectivity index (χ3n) is 4.62. The molecular weight excluding hydrogens is 332 g/mol. The lowest BCUT2D eigenvalue weighted by atomic mass is 9.91. The fourth-order valence-corrected chi connectivity index (χ4v) is 2.97. The summed E-state index contributed by atoms with van der Waals surface area (Å²) in [4.78, 5) is 38.0. The summed E-state index contributed by atoms with van der Waals surface area (Å²) < 4.78 is 4.66. The number of urea groups is 1. The van der Waals surface area contributed by atoms with E-state index in [-0.39, 0.29) is 12.5 Å². The van der Waals surface area contributed by atoms with Gasteiger partial charge in [-0.3, -0.25) is 9.69 Å². The van der Waals surface area contributed by atoms with Crippen molar-refractivity contribution in [2.45, 2.75) is 25.9 Å². The summed E-state index contributed by atoms with van der Waals surface area (Å²) in [7, 11) is 1.31.